The number of hydrogen-bond acceptors (Lipinski definition) is 5. The molecule has 2 aromatic rings. The summed E-state index contributed by atoms with van der Waals surface area (Å²) in [6.45, 7) is 7.76. The fourth-order valence-corrected chi connectivity index (χ4v) is 3.23. The number of benzene rings is 2. The van der Waals surface area contributed by atoms with Gasteiger partial charge in [-0.25, -0.2) is 8.78 Å². The SMILES string of the molecule is CC(C)OCCN1C(=O)C(Nc2ccc(F)c(F)c2)=C(c2ccc(OC(C)C)cc2)C1=O. The zero-order valence-corrected chi connectivity index (χ0v) is 18.4. The average Bonchev–Trinajstić information content (AvgIpc) is 2.95. The number of rotatable bonds is 9. The van der Waals surface area contributed by atoms with Crippen LogP contribution in [-0.4, -0.2) is 42.1 Å². The number of anilines is 1. The van der Waals surface area contributed by atoms with Gasteiger partial charge in [0.05, 0.1) is 30.9 Å². The smallest absolute Gasteiger partial charge is 0.278 e. The molecule has 0 saturated heterocycles. The van der Waals surface area contributed by atoms with Crippen molar-refractivity contribution >= 4 is 23.1 Å². The van der Waals surface area contributed by atoms with Gasteiger partial charge >= 0.3 is 0 Å². The topological polar surface area (TPSA) is 67.9 Å². The summed E-state index contributed by atoms with van der Waals surface area (Å²) in [6.07, 6.45) is -0.0691. The van der Waals surface area contributed by atoms with Crippen molar-refractivity contribution in [2.45, 2.75) is 39.9 Å². The Hall–Kier alpha value is -3.26. The van der Waals surface area contributed by atoms with E-state index in [1.165, 1.54) is 6.07 Å². The van der Waals surface area contributed by atoms with Crippen LogP contribution in [0.1, 0.15) is 33.3 Å². The number of carbonyl (C=O) groups excluding carboxylic acids is 2. The quantitative estimate of drug-likeness (QED) is 0.582. The maximum Gasteiger partial charge on any atom is 0.278 e. The Balaban J connectivity index is 1.96. The summed E-state index contributed by atoms with van der Waals surface area (Å²) >= 11 is 0. The van der Waals surface area contributed by atoms with E-state index in [4.69, 9.17) is 9.47 Å². The second-order valence-corrected chi connectivity index (χ2v) is 7.88. The van der Waals surface area contributed by atoms with Crippen LogP contribution in [0.2, 0.25) is 0 Å². The first kappa shape index (κ1) is 23.4. The summed E-state index contributed by atoms with van der Waals surface area (Å²) in [5.74, 6) is -2.51. The van der Waals surface area contributed by atoms with Crippen molar-refractivity contribution in [2.75, 3.05) is 18.5 Å². The van der Waals surface area contributed by atoms with Crippen LogP contribution < -0.4 is 10.1 Å². The lowest BCUT2D eigenvalue weighted by Gasteiger charge is -2.16. The monoisotopic (exact) mass is 444 g/mol. The molecule has 0 unspecified atom stereocenters. The van der Waals surface area contributed by atoms with Gasteiger partial charge in [0.25, 0.3) is 11.8 Å². The van der Waals surface area contributed by atoms with Crippen molar-refractivity contribution in [2.24, 2.45) is 0 Å². The number of amides is 2. The van der Waals surface area contributed by atoms with Crippen molar-refractivity contribution in [3.63, 3.8) is 0 Å². The van der Waals surface area contributed by atoms with E-state index in [1.54, 1.807) is 24.3 Å². The molecule has 0 fully saturated rings. The van der Waals surface area contributed by atoms with Gasteiger partial charge in [-0.2, -0.15) is 0 Å². The molecule has 1 N–H and O–H groups in total. The first-order valence-electron chi connectivity index (χ1n) is 10.4. The molecule has 2 amide bonds. The predicted octanol–water partition coefficient (Wildman–Crippen LogP) is 4.37. The highest BCUT2D eigenvalue weighted by atomic mass is 19.2. The van der Waals surface area contributed by atoms with Crippen LogP contribution in [0.3, 0.4) is 0 Å². The Morgan fingerprint density at radius 2 is 1.59 bits per heavy atom. The van der Waals surface area contributed by atoms with E-state index in [1.807, 2.05) is 27.7 Å². The zero-order chi connectivity index (χ0) is 23.4. The van der Waals surface area contributed by atoms with Gasteiger partial charge in [-0.15, -0.1) is 0 Å². The molecule has 170 valence electrons. The molecular formula is C24H26F2N2O4. The first-order chi connectivity index (χ1) is 15.2. The van der Waals surface area contributed by atoms with Gasteiger partial charge in [0, 0.05) is 11.8 Å². The van der Waals surface area contributed by atoms with Gasteiger partial charge in [0.1, 0.15) is 11.4 Å². The van der Waals surface area contributed by atoms with Crippen molar-refractivity contribution in [3.05, 3.63) is 65.4 Å². The molecule has 1 aliphatic heterocycles. The largest absolute Gasteiger partial charge is 0.491 e. The third kappa shape index (κ3) is 5.31. The van der Waals surface area contributed by atoms with Gasteiger partial charge in [0.2, 0.25) is 0 Å². The molecule has 0 saturated carbocycles. The second kappa shape index (κ2) is 9.91. The summed E-state index contributed by atoms with van der Waals surface area (Å²) in [6, 6.07) is 9.95. The van der Waals surface area contributed by atoms with Crippen LogP contribution in [0, 0.1) is 11.6 Å². The molecule has 0 bridgehead atoms. The second-order valence-electron chi connectivity index (χ2n) is 7.88. The van der Waals surface area contributed by atoms with Crippen molar-refractivity contribution < 1.29 is 27.8 Å². The van der Waals surface area contributed by atoms with E-state index in [9.17, 15) is 18.4 Å². The number of imide groups is 1. The molecular weight excluding hydrogens is 418 g/mol. The number of nitrogens with zero attached hydrogens (tertiary/aromatic N) is 1. The molecule has 2 aromatic carbocycles. The van der Waals surface area contributed by atoms with Gasteiger partial charge in [0.15, 0.2) is 11.6 Å². The minimum atomic E-state index is -1.06. The highest BCUT2D eigenvalue weighted by molar-refractivity contribution is 6.36. The highest BCUT2D eigenvalue weighted by Crippen LogP contribution is 2.31. The molecule has 0 aromatic heterocycles. The molecule has 1 aliphatic rings. The first-order valence-corrected chi connectivity index (χ1v) is 10.4. The van der Waals surface area contributed by atoms with E-state index in [0.717, 1.165) is 17.0 Å². The lowest BCUT2D eigenvalue weighted by molar-refractivity contribution is -0.137. The van der Waals surface area contributed by atoms with Crippen LogP contribution in [0.5, 0.6) is 5.75 Å². The van der Waals surface area contributed by atoms with Gasteiger partial charge < -0.3 is 14.8 Å². The fraction of sp³-hybridized carbons (Fsp3) is 0.333. The molecule has 8 heteroatoms. The van der Waals surface area contributed by atoms with E-state index in [2.05, 4.69) is 5.32 Å². The maximum atomic E-state index is 13.7. The molecule has 0 spiro atoms. The van der Waals surface area contributed by atoms with Crippen LogP contribution in [-0.2, 0) is 14.3 Å². The summed E-state index contributed by atoms with van der Waals surface area (Å²) in [5.41, 5.74) is 0.776. The van der Waals surface area contributed by atoms with Gasteiger partial charge in [-0.3, -0.25) is 14.5 Å². The molecule has 0 radical (unpaired) electrons. The minimum Gasteiger partial charge on any atom is -0.491 e. The number of carbonyl (C=O) groups is 2. The van der Waals surface area contributed by atoms with Crippen LogP contribution in [0.4, 0.5) is 14.5 Å². The number of halogens is 2. The predicted molar refractivity (Wildman–Crippen MR) is 117 cm³/mol. The van der Waals surface area contributed by atoms with E-state index in [0.29, 0.717) is 11.3 Å². The zero-order valence-electron chi connectivity index (χ0n) is 18.4. The Morgan fingerprint density at radius 1 is 0.906 bits per heavy atom. The van der Waals surface area contributed by atoms with Crippen LogP contribution >= 0.6 is 0 Å². The Morgan fingerprint density at radius 3 is 2.19 bits per heavy atom. The van der Waals surface area contributed by atoms with Crippen LogP contribution in [0.25, 0.3) is 5.57 Å². The molecule has 32 heavy (non-hydrogen) atoms. The lowest BCUT2D eigenvalue weighted by Crippen LogP contribution is -2.35. The van der Waals surface area contributed by atoms with Crippen molar-refractivity contribution in [1.29, 1.82) is 0 Å². The van der Waals surface area contributed by atoms with E-state index >= 15 is 0 Å². The highest BCUT2D eigenvalue weighted by Gasteiger charge is 2.39. The number of hydrogen-bond donors (Lipinski definition) is 1. The normalized spacial score (nSPS) is 14.2. The van der Waals surface area contributed by atoms with Gasteiger partial charge in [-0.1, -0.05) is 12.1 Å². The minimum absolute atomic E-state index is 0.0110. The third-order valence-electron chi connectivity index (χ3n) is 4.64. The third-order valence-corrected chi connectivity index (χ3v) is 4.64. The summed E-state index contributed by atoms with van der Waals surface area (Å²) < 4.78 is 38.1. The van der Waals surface area contributed by atoms with E-state index < -0.39 is 23.4 Å². The van der Waals surface area contributed by atoms with Crippen molar-refractivity contribution in [3.8, 4) is 5.75 Å². The Labute approximate surface area is 185 Å². The summed E-state index contributed by atoms with van der Waals surface area (Å²) in [5, 5.41) is 2.80. The summed E-state index contributed by atoms with van der Waals surface area (Å²) in [4.78, 5) is 27.3. The molecule has 6 nitrogen and oxygen atoms in total. The average molecular weight is 444 g/mol. The van der Waals surface area contributed by atoms with E-state index in [-0.39, 0.29) is 42.3 Å². The molecule has 1 heterocycles. The summed E-state index contributed by atoms with van der Waals surface area (Å²) in [7, 11) is 0. The maximum absolute atomic E-state index is 13.7. The number of nitrogens with one attached hydrogen (secondary N) is 1. The Kier molecular flexibility index (Phi) is 7.25. The molecule has 3 rings (SSSR count). The Bertz CT molecular complexity index is 1030. The molecule has 0 aliphatic carbocycles. The fourth-order valence-electron chi connectivity index (χ4n) is 3.23. The van der Waals surface area contributed by atoms with Crippen LogP contribution in [0.15, 0.2) is 48.2 Å². The van der Waals surface area contributed by atoms with Gasteiger partial charge in [-0.05, 0) is 57.5 Å². The molecule has 0 atom stereocenters. The van der Waals surface area contributed by atoms with Crippen molar-refractivity contribution in [1.82, 2.24) is 4.90 Å². The standard InChI is InChI=1S/C24H26F2N2O4/c1-14(2)31-12-11-28-23(29)21(16-5-8-18(9-6-16)32-15(3)4)22(24(28)30)27-17-7-10-19(25)20(26)13-17/h5-10,13-15,27H,11-12H2,1-4H3. The lowest BCUT2D eigenvalue weighted by atomic mass is 10.0. The number of ether oxygens (including phenoxy) is 2.